The van der Waals surface area contributed by atoms with Crippen molar-refractivity contribution < 1.29 is 9.47 Å². The van der Waals surface area contributed by atoms with Crippen molar-refractivity contribution in [2.75, 3.05) is 51.8 Å². The Hall–Kier alpha value is -1.97. The molecule has 3 aromatic heterocycles. The molecule has 4 heterocycles. The average molecular weight is 348 g/mol. The Morgan fingerprint density at radius 1 is 1.29 bits per heavy atom. The minimum absolute atomic E-state index is 0.618. The van der Waals surface area contributed by atoms with Crippen molar-refractivity contribution in [3.05, 3.63) is 6.33 Å². The molecule has 9 heteroatoms. The number of rotatable bonds is 5. The molecule has 0 spiro atoms. The maximum atomic E-state index is 5.87. The van der Waals surface area contributed by atoms with Gasteiger partial charge >= 0.3 is 0 Å². The molecule has 4 rings (SSSR count). The van der Waals surface area contributed by atoms with Crippen LogP contribution in [0.4, 0.5) is 5.82 Å². The van der Waals surface area contributed by atoms with E-state index in [1.54, 1.807) is 6.33 Å². The molecule has 0 unspecified atom stereocenters. The van der Waals surface area contributed by atoms with Crippen molar-refractivity contribution in [2.45, 2.75) is 0 Å². The summed E-state index contributed by atoms with van der Waals surface area (Å²) in [5, 5.41) is 3.76. The molecule has 3 aromatic rings. The van der Waals surface area contributed by atoms with Gasteiger partial charge in [0, 0.05) is 33.7 Å². The van der Waals surface area contributed by atoms with Crippen molar-refractivity contribution in [3.8, 4) is 5.19 Å². The topological polar surface area (TPSA) is 77.3 Å². The lowest BCUT2D eigenvalue weighted by Crippen LogP contribution is -2.38. The van der Waals surface area contributed by atoms with E-state index in [0.29, 0.717) is 11.8 Å². The molecule has 24 heavy (non-hydrogen) atoms. The first-order chi connectivity index (χ1) is 11.8. The quantitative estimate of drug-likeness (QED) is 0.745. The third-order valence-corrected chi connectivity index (χ3v) is 5.02. The lowest BCUT2D eigenvalue weighted by Gasteiger charge is -2.26. The number of aromatic nitrogens is 4. The minimum atomic E-state index is 0.618. The first kappa shape index (κ1) is 15.6. The van der Waals surface area contributed by atoms with Crippen LogP contribution in [0.1, 0.15) is 0 Å². The largest absolute Gasteiger partial charge is 0.469 e. The van der Waals surface area contributed by atoms with E-state index < -0.39 is 0 Å². The van der Waals surface area contributed by atoms with Crippen molar-refractivity contribution in [2.24, 2.45) is 7.05 Å². The van der Waals surface area contributed by atoms with Crippen LogP contribution < -0.4 is 10.1 Å². The first-order valence-electron chi connectivity index (χ1n) is 7.98. The van der Waals surface area contributed by atoms with Gasteiger partial charge in [0.2, 0.25) is 0 Å². The number of pyridine rings is 1. The molecule has 1 aliphatic rings. The smallest absolute Gasteiger partial charge is 0.275 e. The Bertz CT molecular complexity index is 855. The van der Waals surface area contributed by atoms with Crippen molar-refractivity contribution in [1.29, 1.82) is 0 Å². The van der Waals surface area contributed by atoms with Crippen molar-refractivity contribution in [3.63, 3.8) is 0 Å². The average Bonchev–Trinajstić information content (AvgIpc) is 3.18. The molecule has 1 aliphatic heterocycles. The molecule has 0 aromatic carbocycles. The van der Waals surface area contributed by atoms with Crippen molar-refractivity contribution in [1.82, 2.24) is 24.4 Å². The van der Waals surface area contributed by atoms with Crippen LogP contribution in [0.3, 0.4) is 0 Å². The van der Waals surface area contributed by atoms with Crippen LogP contribution in [0, 0.1) is 0 Å². The first-order valence-corrected chi connectivity index (χ1v) is 8.80. The van der Waals surface area contributed by atoms with E-state index >= 15 is 0 Å². The maximum absolute atomic E-state index is 5.87. The van der Waals surface area contributed by atoms with Gasteiger partial charge in [0.05, 0.1) is 19.5 Å². The highest BCUT2D eigenvalue weighted by Gasteiger charge is 2.17. The van der Waals surface area contributed by atoms with Gasteiger partial charge in [-0.05, 0) is 0 Å². The van der Waals surface area contributed by atoms with E-state index in [2.05, 4.69) is 25.2 Å². The zero-order valence-corrected chi connectivity index (χ0v) is 14.6. The third kappa shape index (κ3) is 2.79. The fourth-order valence-corrected chi connectivity index (χ4v) is 3.70. The summed E-state index contributed by atoms with van der Waals surface area (Å²) >= 11 is 1.47. The Morgan fingerprint density at radius 3 is 2.92 bits per heavy atom. The molecule has 128 valence electrons. The van der Waals surface area contributed by atoms with Gasteiger partial charge in [0.15, 0.2) is 10.6 Å². The number of fused-ring (bicyclic) bond motifs is 3. The predicted octanol–water partition coefficient (Wildman–Crippen LogP) is 1.33. The second kappa shape index (κ2) is 6.50. The number of hydrogen-bond acceptors (Lipinski definition) is 8. The number of ether oxygens (including phenoxy) is 2. The van der Waals surface area contributed by atoms with E-state index in [1.165, 1.54) is 11.3 Å². The number of anilines is 1. The summed E-state index contributed by atoms with van der Waals surface area (Å²) in [5.74, 6) is 0.765. The van der Waals surface area contributed by atoms with E-state index in [9.17, 15) is 0 Å². The zero-order valence-electron chi connectivity index (χ0n) is 13.8. The van der Waals surface area contributed by atoms with Gasteiger partial charge in [0.1, 0.15) is 23.2 Å². The van der Waals surface area contributed by atoms with E-state index in [4.69, 9.17) is 9.47 Å². The normalized spacial score (nSPS) is 16.1. The van der Waals surface area contributed by atoms with Crippen LogP contribution in [-0.4, -0.2) is 70.9 Å². The summed E-state index contributed by atoms with van der Waals surface area (Å²) in [6, 6.07) is 0. The summed E-state index contributed by atoms with van der Waals surface area (Å²) in [5.41, 5.74) is 2.65. The fraction of sp³-hybridized carbons (Fsp3) is 0.533. The molecule has 0 atom stereocenters. The molecule has 1 fully saturated rings. The second-order valence-electron chi connectivity index (χ2n) is 5.70. The Kier molecular flexibility index (Phi) is 4.21. The highest BCUT2D eigenvalue weighted by molar-refractivity contribution is 7.20. The van der Waals surface area contributed by atoms with Crippen LogP contribution >= 0.6 is 11.3 Å². The number of nitrogens with one attached hydrogen (secondary N) is 1. The van der Waals surface area contributed by atoms with Crippen LogP contribution in [-0.2, 0) is 11.8 Å². The molecule has 1 N–H and O–H groups in total. The Morgan fingerprint density at radius 2 is 2.12 bits per heavy atom. The number of morpholine rings is 1. The molecule has 0 bridgehead atoms. The highest BCUT2D eigenvalue weighted by atomic mass is 32.1. The number of thiazole rings is 1. The molecule has 0 radical (unpaired) electrons. The maximum Gasteiger partial charge on any atom is 0.275 e. The van der Waals surface area contributed by atoms with Crippen molar-refractivity contribution >= 4 is 38.5 Å². The monoisotopic (exact) mass is 348 g/mol. The second-order valence-corrected chi connectivity index (χ2v) is 6.64. The SMILES string of the molecule is CNc1nc2sc(OCCN3CCOCC3)nc2c2c1ncn2C. The van der Waals surface area contributed by atoms with Gasteiger partial charge in [0.25, 0.3) is 5.19 Å². The van der Waals surface area contributed by atoms with Crippen LogP contribution in [0.15, 0.2) is 6.33 Å². The summed E-state index contributed by atoms with van der Waals surface area (Å²) < 4.78 is 13.2. The standard InChI is InChI=1S/C15H20N6O2S/c1-16-13-10-12(20(2)9-17-10)11-14(19-13)24-15(18-11)23-8-5-21-3-6-22-7-4-21/h9H,3-8H2,1-2H3,(H,16,19). The Balaban J connectivity index is 1.56. The Labute approximate surface area is 143 Å². The molecule has 1 saturated heterocycles. The summed E-state index contributed by atoms with van der Waals surface area (Å²) in [4.78, 5) is 16.9. The van der Waals surface area contributed by atoms with E-state index in [-0.39, 0.29) is 0 Å². The van der Waals surface area contributed by atoms with E-state index in [1.807, 2.05) is 18.7 Å². The van der Waals surface area contributed by atoms with Crippen LogP contribution in [0.25, 0.3) is 21.4 Å². The molecule has 0 aliphatic carbocycles. The van der Waals surface area contributed by atoms with Crippen LogP contribution in [0.5, 0.6) is 5.19 Å². The van der Waals surface area contributed by atoms with Gasteiger partial charge in [-0.3, -0.25) is 4.90 Å². The fourth-order valence-electron chi connectivity index (χ4n) is 2.88. The molecular formula is C15H20N6O2S. The summed E-state index contributed by atoms with van der Waals surface area (Å²) in [6.07, 6.45) is 1.78. The lowest BCUT2D eigenvalue weighted by atomic mass is 10.3. The third-order valence-electron chi connectivity index (χ3n) is 4.16. The minimum Gasteiger partial charge on any atom is -0.469 e. The lowest BCUT2D eigenvalue weighted by molar-refractivity contribution is 0.0322. The van der Waals surface area contributed by atoms with Gasteiger partial charge in [-0.15, -0.1) is 0 Å². The predicted molar refractivity (Wildman–Crippen MR) is 94.0 cm³/mol. The molecule has 8 nitrogen and oxygen atoms in total. The van der Waals surface area contributed by atoms with Gasteiger partial charge in [-0.2, -0.15) is 4.98 Å². The number of imidazole rings is 1. The molecule has 0 saturated carbocycles. The summed E-state index contributed by atoms with van der Waals surface area (Å²) in [6.45, 7) is 5.04. The number of aryl methyl sites for hydroxylation is 1. The summed E-state index contributed by atoms with van der Waals surface area (Å²) in [7, 11) is 3.82. The number of nitrogens with zero attached hydrogens (tertiary/aromatic N) is 5. The van der Waals surface area contributed by atoms with Crippen LogP contribution in [0.2, 0.25) is 0 Å². The number of hydrogen-bond donors (Lipinski definition) is 1. The zero-order chi connectivity index (χ0) is 16.5. The van der Waals surface area contributed by atoms with E-state index in [0.717, 1.165) is 60.0 Å². The van der Waals surface area contributed by atoms with Gasteiger partial charge < -0.3 is 19.4 Å². The van der Waals surface area contributed by atoms with Gasteiger partial charge in [-0.25, -0.2) is 9.97 Å². The van der Waals surface area contributed by atoms with Gasteiger partial charge in [-0.1, -0.05) is 11.3 Å². The molecule has 0 amide bonds. The molecular weight excluding hydrogens is 328 g/mol. The highest BCUT2D eigenvalue weighted by Crippen LogP contribution is 2.33.